The van der Waals surface area contributed by atoms with E-state index in [9.17, 15) is 0 Å². The molecule has 4 nitrogen and oxygen atoms in total. The van der Waals surface area contributed by atoms with Crippen LogP contribution in [0.2, 0.25) is 5.02 Å². The monoisotopic (exact) mass is 336 g/mol. The van der Waals surface area contributed by atoms with E-state index in [4.69, 9.17) is 11.6 Å². The average Bonchev–Trinajstić information content (AvgIpc) is 2.92. The van der Waals surface area contributed by atoms with Gasteiger partial charge in [-0.15, -0.1) is 11.3 Å². The third-order valence-corrected chi connectivity index (χ3v) is 5.23. The van der Waals surface area contributed by atoms with Gasteiger partial charge in [-0.2, -0.15) is 0 Å². The molecule has 0 aliphatic rings. The van der Waals surface area contributed by atoms with E-state index >= 15 is 0 Å². The third-order valence-electron chi connectivity index (χ3n) is 2.88. The summed E-state index contributed by atoms with van der Waals surface area (Å²) in [5.41, 5.74) is 0. The first-order chi connectivity index (χ1) is 10.2. The van der Waals surface area contributed by atoms with Crippen molar-refractivity contribution in [2.24, 2.45) is 0 Å². The van der Waals surface area contributed by atoms with Crippen LogP contribution in [0.5, 0.6) is 0 Å². The van der Waals surface area contributed by atoms with Gasteiger partial charge in [0.25, 0.3) is 0 Å². The standard InChI is InChI=1S/C14H13ClN4S2/c1-3-9-6-10-12(20-9)18-14(16-2)19-13(10)21-11-5-4-8(15)7-17-11/h4-7H,3H2,1-2H3,(H,16,18,19). The summed E-state index contributed by atoms with van der Waals surface area (Å²) >= 11 is 9.11. The van der Waals surface area contributed by atoms with Crippen molar-refractivity contribution in [3.8, 4) is 0 Å². The van der Waals surface area contributed by atoms with Gasteiger partial charge in [-0.1, -0.05) is 18.5 Å². The molecule has 108 valence electrons. The summed E-state index contributed by atoms with van der Waals surface area (Å²) in [5.74, 6) is 0.628. The zero-order valence-electron chi connectivity index (χ0n) is 11.6. The van der Waals surface area contributed by atoms with Gasteiger partial charge in [0.05, 0.1) is 5.02 Å². The molecule has 21 heavy (non-hydrogen) atoms. The first-order valence-electron chi connectivity index (χ1n) is 6.47. The molecule has 3 aromatic rings. The lowest BCUT2D eigenvalue weighted by molar-refractivity contribution is 1.08. The summed E-state index contributed by atoms with van der Waals surface area (Å²) in [4.78, 5) is 15.7. The number of hydrogen-bond donors (Lipinski definition) is 1. The van der Waals surface area contributed by atoms with Crippen LogP contribution in [-0.4, -0.2) is 22.0 Å². The Labute approximate surface area is 136 Å². The van der Waals surface area contributed by atoms with Crippen LogP contribution in [0.4, 0.5) is 5.95 Å². The van der Waals surface area contributed by atoms with Crippen molar-refractivity contribution in [3.05, 3.63) is 34.3 Å². The molecule has 0 aliphatic carbocycles. The van der Waals surface area contributed by atoms with Gasteiger partial charge in [-0.3, -0.25) is 0 Å². The topological polar surface area (TPSA) is 50.7 Å². The Hall–Kier alpha value is -1.37. The van der Waals surface area contributed by atoms with E-state index in [0.717, 1.165) is 26.7 Å². The fourth-order valence-electron chi connectivity index (χ4n) is 1.83. The SMILES string of the molecule is CCc1cc2c(Sc3ccc(Cl)cn3)nc(NC)nc2s1. The van der Waals surface area contributed by atoms with Gasteiger partial charge in [0.15, 0.2) is 0 Å². The molecule has 0 unspecified atom stereocenters. The van der Waals surface area contributed by atoms with Crippen LogP contribution in [0.1, 0.15) is 11.8 Å². The van der Waals surface area contributed by atoms with Gasteiger partial charge in [-0.05, 0) is 36.4 Å². The molecule has 7 heteroatoms. The van der Waals surface area contributed by atoms with E-state index in [2.05, 4.69) is 33.3 Å². The van der Waals surface area contributed by atoms with Gasteiger partial charge in [0, 0.05) is 23.5 Å². The number of thiophene rings is 1. The van der Waals surface area contributed by atoms with E-state index in [-0.39, 0.29) is 0 Å². The molecule has 3 heterocycles. The number of hydrogen-bond acceptors (Lipinski definition) is 6. The van der Waals surface area contributed by atoms with Crippen LogP contribution in [0.25, 0.3) is 10.2 Å². The van der Waals surface area contributed by atoms with Crippen molar-refractivity contribution in [2.45, 2.75) is 23.4 Å². The van der Waals surface area contributed by atoms with Gasteiger partial charge < -0.3 is 5.32 Å². The Morgan fingerprint density at radius 1 is 1.33 bits per heavy atom. The lowest BCUT2D eigenvalue weighted by atomic mass is 10.3. The summed E-state index contributed by atoms with van der Waals surface area (Å²) in [5, 5.41) is 6.50. The highest BCUT2D eigenvalue weighted by Crippen LogP contribution is 2.35. The Morgan fingerprint density at radius 3 is 2.86 bits per heavy atom. The number of fused-ring (bicyclic) bond motifs is 1. The number of rotatable bonds is 4. The zero-order valence-corrected chi connectivity index (χ0v) is 13.9. The molecule has 0 fully saturated rings. The van der Waals surface area contributed by atoms with Crippen LogP contribution in [0, 0.1) is 0 Å². The zero-order chi connectivity index (χ0) is 14.8. The molecule has 1 N–H and O–H groups in total. The molecule has 0 aliphatic heterocycles. The van der Waals surface area contributed by atoms with E-state index < -0.39 is 0 Å². The van der Waals surface area contributed by atoms with Gasteiger partial charge in [-0.25, -0.2) is 15.0 Å². The van der Waals surface area contributed by atoms with Crippen molar-refractivity contribution in [3.63, 3.8) is 0 Å². The number of nitrogens with zero attached hydrogens (tertiary/aromatic N) is 3. The third kappa shape index (κ3) is 3.12. The maximum absolute atomic E-state index is 5.87. The maximum Gasteiger partial charge on any atom is 0.224 e. The highest BCUT2D eigenvalue weighted by atomic mass is 35.5. The Kier molecular flexibility index (Phi) is 4.28. The number of aromatic nitrogens is 3. The van der Waals surface area contributed by atoms with Crippen molar-refractivity contribution >= 4 is 50.9 Å². The molecule has 0 amide bonds. The van der Waals surface area contributed by atoms with Crippen molar-refractivity contribution in [1.29, 1.82) is 0 Å². The number of pyridine rings is 1. The highest BCUT2D eigenvalue weighted by Gasteiger charge is 2.12. The number of anilines is 1. The van der Waals surface area contributed by atoms with Crippen LogP contribution >= 0.6 is 34.7 Å². The molecule has 0 spiro atoms. The highest BCUT2D eigenvalue weighted by molar-refractivity contribution is 7.99. The average molecular weight is 337 g/mol. The van der Waals surface area contributed by atoms with Crippen molar-refractivity contribution in [1.82, 2.24) is 15.0 Å². The molecule has 0 atom stereocenters. The minimum Gasteiger partial charge on any atom is -0.357 e. The lowest BCUT2D eigenvalue weighted by Crippen LogP contribution is -1.97. The molecular formula is C14H13ClN4S2. The van der Waals surface area contributed by atoms with Crippen LogP contribution in [-0.2, 0) is 6.42 Å². The van der Waals surface area contributed by atoms with Crippen LogP contribution in [0.3, 0.4) is 0 Å². The molecule has 3 aromatic heterocycles. The molecule has 0 bridgehead atoms. The minimum atomic E-state index is 0.628. The summed E-state index contributed by atoms with van der Waals surface area (Å²) in [7, 11) is 1.82. The largest absolute Gasteiger partial charge is 0.357 e. The number of aryl methyl sites for hydroxylation is 1. The smallest absolute Gasteiger partial charge is 0.224 e. The normalized spacial score (nSPS) is 11.0. The second-order valence-corrected chi connectivity index (χ2v) is 6.86. The summed E-state index contributed by atoms with van der Waals surface area (Å²) in [6, 6.07) is 5.89. The fourth-order valence-corrected chi connectivity index (χ4v) is 3.81. The van der Waals surface area contributed by atoms with Crippen molar-refractivity contribution in [2.75, 3.05) is 12.4 Å². The Balaban J connectivity index is 2.06. The van der Waals surface area contributed by atoms with Gasteiger partial charge in [0.2, 0.25) is 5.95 Å². The molecular weight excluding hydrogens is 324 g/mol. The number of halogens is 1. The van der Waals surface area contributed by atoms with E-state index in [1.807, 2.05) is 19.2 Å². The van der Waals surface area contributed by atoms with E-state index in [1.54, 1.807) is 17.5 Å². The molecule has 0 saturated heterocycles. The summed E-state index contributed by atoms with van der Waals surface area (Å²) in [6.45, 7) is 2.14. The minimum absolute atomic E-state index is 0.628. The predicted molar refractivity (Wildman–Crippen MR) is 89.7 cm³/mol. The maximum atomic E-state index is 5.87. The Bertz CT molecular complexity index is 770. The van der Waals surface area contributed by atoms with Gasteiger partial charge in [0.1, 0.15) is 14.9 Å². The Morgan fingerprint density at radius 2 is 2.19 bits per heavy atom. The lowest BCUT2D eigenvalue weighted by Gasteiger charge is -2.04. The quantitative estimate of drug-likeness (QED) is 0.711. The summed E-state index contributed by atoms with van der Waals surface area (Å²) in [6.07, 6.45) is 2.64. The van der Waals surface area contributed by atoms with Gasteiger partial charge >= 0.3 is 0 Å². The number of nitrogens with one attached hydrogen (secondary N) is 1. The molecule has 0 aromatic carbocycles. The van der Waals surface area contributed by atoms with E-state index in [0.29, 0.717) is 11.0 Å². The van der Waals surface area contributed by atoms with Crippen molar-refractivity contribution < 1.29 is 0 Å². The first kappa shape index (κ1) is 14.6. The second-order valence-electron chi connectivity index (χ2n) is 4.30. The molecule has 0 radical (unpaired) electrons. The predicted octanol–water partition coefficient (Wildman–Crippen LogP) is 4.50. The first-order valence-corrected chi connectivity index (χ1v) is 8.48. The van der Waals surface area contributed by atoms with Crippen LogP contribution in [0.15, 0.2) is 34.4 Å². The van der Waals surface area contributed by atoms with E-state index in [1.165, 1.54) is 16.6 Å². The fraction of sp³-hybridized carbons (Fsp3) is 0.214. The summed E-state index contributed by atoms with van der Waals surface area (Å²) < 4.78 is 0. The molecule has 0 saturated carbocycles. The molecule has 3 rings (SSSR count). The second kappa shape index (κ2) is 6.17. The van der Waals surface area contributed by atoms with Crippen LogP contribution < -0.4 is 5.32 Å².